The molecule has 2 aromatic rings. The third-order valence-electron chi connectivity index (χ3n) is 2.52. The topological polar surface area (TPSA) is 107 Å². The lowest BCUT2D eigenvalue weighted by atomic mass is 10.2. The van der Waals surface area contributed by atoms with E-state index in [4.69, 9.17) is 15.2 Å². The lowest BCUT2D eigenvalue weighted by Gasteiger charge is -2.02. The Morgan fingerprint density at radius 2 is 2.21 bits per heavy atom. The highest BCUT2D eigenvalue weighted by atomic mass is 32.1. The van der Waals surface area contributed by atoms with E-state index in [9.17, 15) is 9.59 Å². The summed E-state index contributed by atoms with van der Waals surface area (Å²) in [6.45, 7) is 2.16. The Bertz CT molecular complexity index is 676. The van der Waals surface area contributed by atoms with Gasteiger partial charge >= 0.3 is 5.97 Å². The molecule has 0 saturated carbocycles. The molecule has 0 aliphatic rings. The Hall–Kier alpha value is -1.93. The van der Waals surface area contributed by atoms with Crippen molar-refractivity contribution in [3.8, 4) is 0 Å². The van der Waals surface area contributed by atoms with Crippen molar-refractivity contribution in [2.45, 2.75) is 6.92 Å². The van der Waals surface area contributed by atoms with Gasteiger partial charge in [0.1, 0.15) is 16.3 Å². The number of esters is 1. The number of aromatic nitrogens is 2. The van der Waals surface area contributed by atoms with Crippen molar-refractivity contribution in [1.82, 2.24) is 9.97 Å². The monoisotopic (exact) mass is 283 g/mol. The molecule has 0 unspecified atom stereocenters. The number of nitrogens with one attached hydrogen (secondary N) is 1. The van der Waals surface area contributed by atoms with Crippen LogP contribution in [-0.4, -0.2) is 36.3 Å². The van der Waals surface area contributed by atoms with Crippen molar-refractivity contribution >= 4 is 33.5 Å². The normalized spacial score (nSPS) is 10.8. The minimum absolute atomic E-state index is 0.0260. The molecule has 0 spiro atoms. The van der Waals surface area contributed by atoms with E-state index in [0.29, 0.717) is 27.3 Å². The van der Waals surface area contributed by atoms with Crippen molar-refractivity contribution in [3.63, 3.8) is 0 Å². The largest absolute Gasteiger partial charge is 0.459 e. The van der Waals surface area contributed by atoms with Crippen LogP contribution in [-0.2, 0) is 9.47 Å². The molecule has 102 valence electrons. The zero-order chi connectivity index (χ0) is 14.0. The summed E-state index contributed by atoms with van der Waals surface area (Å²) in [6, 6.07) is 0. The third kappa shape index (κ3) is 2.59. The number of aromatic amines is 1. The Labute approximate surface area is 112 Å². The lowest BCUT2D eigenvalue weighted by molar-refractivity contribution is 0.0393. The van der Waals surface area contributed by atoms with Gasteiger partial charge < -0.3 is 15.2 Å². The fourth-order valence-corrected chi connectivity index (χ4v) is 2.72. The number of carbonyl (C=O) groups is 1. The van der Waals surface area contributed by atoms with Crippen LogP contribution in [0.2, 0.25) is 0 Å². The number of aryl methyl sites for hydroxylation is 1. The summed E-state index contributed by atoms with van der Waals surface area (Å²) in [7, 11) is 1.52. The van der Waals surface area contributed by atoms with Crippen LogP contribution in [0.4, 0.5) is 5.95 Å². The van der Waals surface area contributed by atoms with Crippen LogP contribution in [0.3, 0.4) is 0 Å². The molecule has 2 aromatic heterocycles. The summed E-state index contributed by atoms with van der Waals surface area (Å²) in [5.74, 6) is -0.464. The number of methoxy groups -OCH3 is 1. The molecule has 7 nitrogen and oxygen atoms in total. The molecule has 2 heterocycles. The first kappa shape index (κ1) is 13.5. The maximum absolute atomic E-state index is 11.9. The van der Waals surface area contributed by atoms with Gasteiger partial charge in [-0.15, -0.1) is 11.3 Å². The van der Waals surface area contributed by atoms with Gasteiger partial charge in [-0.3, -0.25) is 9.78 Å². The minimum Gasteiger partial charge on any atom is -0.459 e. The molecule has 0 saturated heterocycles. The highest BCUT2D eigenvalue weighted by Gasteiger charge is 2.19. The third-order valence-corrected chi connectivity index (χ3v) is 3.69. The highest BCUT2D eigenvalue weighted by molar-refractivity contribution is 7.20. The van der Waals surface area contributed by atoms with Gasteiger partial charge in [0.25, 0.3) is 5.56 Å². The van der Waals surface area contributed by atoms with Crippen LogP contribution >= 0.6 is 11.3 Å². The first-order valence-electron chi connectivity index (χ1n) is 5.49. The Morgan fingerprint density at radius 3 is 2.89 bits per heavy atom. The molecule has 0 aliphatic carbocycles. The van der Waals surface area contributed by atoms with Gasteiger partial charge in [-0.1, -0.05) is 0 Å². The van der Waals surface area contributed by atoms with Gasteiger partial charge in [0, 0.05) is 7.11 Å². The van der Waals surface area contributed by atoms with Gasteiger partial charge in [0.2, 0.25) is 5.95 Å². The summed E-state index contributed by atoms with van der Waals surface area (Å²) in [4.78, 5) is 30.8. The van der Waals surface area contributed by atoms with E-state index in [1.54, 1.807) is 6.92 Å². The molecule has 0 bridgehead atoms. The summed E-state index contributed by atoms with van der Waals surface area (Å²) >= 11 is 1.09. The maximum Gasteiger partial charge on any atom is 0.348 e. The molecule has 0 aromatic carbocycles. The number of fused-ring (bicyclic) bond motifs is 1. The zero-order valence-electron chi connectivity index (χ0n) is 10.5. The number of nitrogen functional groups attached to an aromatic ring is 1. The molecule has 8 heteroatoms. The number of carbonyl (C=O) groups excluding carboxylic acids is 1. The zero-order valence-corrected chi connectivity index (χ0v) is 11.3. The molecule has 0 radical (unpaired) electrons. The first-order chi connectivity index (χ1) is 9.04. The highest BCUT2D eigenvalue weighted by Crippen LogP contribution is 2.27. The van der Waals surface area contributed by atoms with Gasteiger partial charge in [0.05, 0.1) is 12.0 Å². The van der Waals surface area contributed by atoms with E-state index in [1.165, 1.54) is 7.11 Å². The van der Waals surface area contributed by atoms with Crippen LogP contribution in [0.25, 0.3) is 10.2 Å². The Kier molecular flexibility index (Phi) is 3.82. The van der Waals surface area contributed by atoms with Crippen molar-refractivity contribution in [3.05, 3.63) is 20.8 Å². The predicted octanol–water partition coefficient (Wildman–Crippen LogP) is 0.678. The standard InChI is InChI=1S/C11H13N3O4S/c1-5-6-8(15)13-11(12)14-9(6)19-7(5)10(16)18-4-3-17-2/h3-4H2,1-2H3,(H3,12,13,14,15). The first-order valence-corrected chi connectivity index (χ1v) is 6.31. The molecular weight excluding hydrogens is 270 g/mol. The number of H-pyrrole nitrogens is 1. The fourth-order valence-electron chi connectivity index (χ4n) is 1.64. The molecule has 0 atom stereocenters. The van der Waals surface area contributed by atoms with Crippen LogP contribution < -0.4 is 11.3 Å². The summed E-state index contributed by atoms with van der Waals surface area (Å²) in [5, 5.41) is 0.373. The summed E-state index contributed by atoms with van der Waals surface area (Å²) in [6.07, 6.45) is 0. The predicted molar refractivity (Wildman–Crippen MR) is 71.5 cm³/mol. The Balaban J connectivity index is 2.40. The SMILES string of the molecule is COCCOC(=O)c1sc2nc(N)[nH]c(=O)c2c1C. The number of nitrogens with zero attached hydrogens (tertiary/aromatic N) is 1. The fraction of sp³-hybridized carbons (Fsp3) is 0.364. The average molecular weight is 283 g/mol. The van der Waals surface area contributed by atoms with Gasteiger partial charge in [-0.25, -0.2) is 9.78 Å². The van der Waals surface area contributed by atoms with Gasteiger partial charge in [0.15, 0.2) is 0 Å². The van der Waals surface area contributed by atoms with E-state index in [-0.39, 0.29) is 18.1 Å². The summed E-state index contributed by atoms with van der Waals surface area (Å²) < 4.78 is 9.82. The smallest absolute Gasteiger partial charge is 0.348 e. The number of hydrogen-bond acceptors (Lipinski definition) is 7. The van der Waals surface area contributed by atoms with E-state index in [2.05, 4.69) is 9.97 Å². The second-order valence-corrected chi connectivity index (χ2v) is 4.82. The quantitative estimate of drug-likeness (QED) is 0.631. The summed E-state index contributed by atoms with van der Waals surface area (Å²) in [5.41, 5.74) is 5.66. The minimum atomic E-state index is -0.490. The van der Waals surface area contributed by atoms with E-state index >= 15 is 0 Å². The van der Waals surface area contributed by atoms with Crippen molar-refractivity contribution in [1.29, 1.82) is 0 Å². The molecule has 2 rings (SSSR count). The van der Waals surface area contributed by atoms with Crippen LogP contribution in [0.1, 0.15) is 15.2 Å². The maximum atomic E-state index is 11.9. The number of nitrogens with two attached hydrogens (primary N) is 1. The number of hydrogen-bond donors (Lipinski definition) is 2. The van der Waals surface area contributed by atoms with Gasteiger partial charge in [-0.05, 0) is 12.5 Å². The van der Waals surface area contributed by atoms with Crippen LogP contribution in [0, 0.1) is 6.92 Å². The van der Waals surface area contributed by atoms with Crippen LogP contribution in [0.5, 0.6) is 0 Å². The van der Waals surface area contributed by atoms with Crippen molar-refractivity contribution < 1.29 is 14.3 Å². The molecule has 0 aliphatic heterocycles. The molecule has 0 amide bonds. The van der Waals surface area contributed by atoms with E-state index < -0.39 is 5.97 Å². The lowest BCUT2D eigenvalue weighted by Crippen LogP contribution is -2.12. The van der Waals surface area contributed by atoms with Crippen molar-refractivity contribution in [2.24, 2.45) is 0 Å². The molecular formula is C11H13N3O4S. The number of anilines is 1. The molecule has 3 N–H and O–H groups in total. The van der Waals surface area contributed by atoms with Crippen LogP contribution in [0.15, 0.2) is 4.79 Å². The average Bonchev–Trinajstić information content (AvgIpc) is 2.66. The second kappa shape index (κ2) is 5.37. The van der Waals surface area contributed by atoms with Gasteiger partial charge in [-0.2, -0.15) is 0 Å². The Morgan fingerprint density at radius 1 is 1.47 bits per heavy atom. The van der Waals surface area contributed by atoms with E-state index in [1.807, 2.05) is 0 Å². The van der Waals surface area contributed by atoms with Crippen molar-refractivity contribution in [2.75, 3.05) is 26.1 Å². The second-order valence-electron chi connectivity index (χ2n) is 3.82. The number of thiophene rings is 1. The molecule has 19 heavy (non-hydrogen) atoms. The number of rotatable bonds is 4. The number of ether oxygens (including phenoxy) is 2. The van der Waals surface area contributed by atoms with E-state index in [0.717, 1.165) is 11.3 Å². The molecule has 0 fully saturated rings.